The molecule has 0 N–H and O–H groups in total. The molecule has 70 heavy (non-hydrogen) atoms. The second-order valence-electron chi connectivity index (χ2n) is 19.5. The first-order valence-electron chi connectivity index (χ1n) is 29.6. The number of esters is 3. The second kappa shape index (κ2) is 58.2. The van der Waals surface area contributed by atoms with E-state index in [4.69, 9.17) is 14.2 Å². The van der Waals surface area contributed by atoms with Gasteiger partial charge in [0, 0.05) is 19.3 Å². The minimum absolute atomic E-state index is 0.0862. The lowest BCUT2D eigenvalue weighted by molar-refractivity contribution is -0.167. The van der Waals surface area contributed by atoms with E-state index in [0.717, 1.165) is 116 Å². The van der Waals surface area contributed by atoms with Crippen LogP contribution >= 0.6 is 0 Å². The van der Waals surface area contributed by atoms with Crippen molar-refractivity contribution in [1.29, 1.82) is 0 Å². The zero-order valence-corrected chi connectivity index (χ0v) is 46.0. The standard InChI is InChI=1S/C64H110O6/c1-4-7-10-13-15-17-19-21-23-25-27-29-31-32-33-35-36-38-40-42-44-46-48-51-54-57-63(66)69-60-61(59-68-62(65)56-53-50-12-9-6-3)70-64(67)58-55-52-49-47-45-43-41-39-37-34-30-28-26-24-22-20-18-16-14-11-8-5-2/h7,10,15,17,21,23,27,29,32-33,36,38,42,44,61H,4-6,8-9,11-14,16,18-20,22,24-26,28,30-31,34-35,37,39-41,43,45-60H2,1-3H3/b10-7-,17-15-,23-21-,29-27-,33-32-,38-36-,44-42-. The molecule has 0 radical (unpaired) electrons. The molecule has 0 aromatic rings. The van der Waals surface area contributed by atoms with E-state index in [1.807, 2.05) is 0 Å². The normalized spacial score (nSPS) is 12.7. The molecule has 0 saturated heterocycles. The third-order valence-electron chi connectivity index (χ3n) is 12.7. The Labute approximate surface area is 433 Å². The van der Waals surface area contributed by atoms with Gasteiger partial charge in [0.2, 0.25) is 0 Å². The van der Waals surface area contributed by atoms with Gasteiger partial charge in [-0.05, 0) is 77.0 Å². The number of allylic oxidation sites excluding steroid dienone is 14. The molecule has 0 rings (SSSR count). The number of carbonyl (C=O) groups is 3. The first-order valence-corrected chi connectivity index (χ1v) is 29.6. The first kappa shape index (κ1) is 66.6. The van der Waals surface area contributed by atoms with Gasteiger partial charge < -0.3 is 14.2 Å². The van der Waals surface area contributed by atoms with Gasteiger partial charge in [0.1, 0.15) is 13.2 Å². The maximum atomic E-state index is 12.8. The van der Waals surface area contributed by atoms with Gasteiger partial charge in [0.15, 0.2) is 6.10 Å². The first-order chi connectivity index (χ1) is 34.5. The smallest absolute Gasteiger partial charge is 0.306 e. The fraction of sp³-hybridized carbons (Fsp3) is 0.734. The van der Waals surface area contributed by atoms with E-state index in [9.17, 15) is 14.4 Å². The molecule has 402 valence electrons. The maximum absolute atomic E-state index is 12.8. The Bertz CT molecular complexity index is 1350. The van der Waals surface area contributed by atoms with Gasteiger partial charge in [0.05, 0.1) is 0 Å². The van der Waals surface area contributed by atoms with Crippen molar-refractivity contribution in [1.82, 2.24) is 0 Å². The summed E-state index contributed by atoms with van der Waals surface area (Å²) in [7, 11) is 0. The van der Waals surface area contributed by atoms with Crippen LogP contribution in [-0.2, 0) is 28.6 Å². The van der Waals surface area contributed by atoms with E-state index < -0.39 is 6.10 Å². The quantitative estimate of drug-likeness (QED) is 0.0261. The van der Waals surface area contributed by atoms with E-state index in [2.05, 4.69) is 106 Å². The van der Waals surface area contributed by atoms with Gasteiger partial charge in [-0.15, -0.1) is 0 Å². The van der Waals surface area contributed by atoms with E-state index in [0.29, 0.717) is 19.3 Å². The molecule has 0 aromatic heterocycles. The maximum Gasteiger partial charge on any atom is 0.306 e. The third kappa shape index (κ3) is 55.5. The summed E-state index contributed by atoms with van der Waals surface area (Å²) in [5, 5.41) is 0. The van der Waals surface area contributed by atoms with E-state index in [-0.39, 0.29) is 31.1 Å². The Morgan fingerprint density at radius 2 is 0.557 bits per heavy atom. The number of hydrogen-bond acceptors (Lipinski definition) is 6. The number of rotatable bonds is 53. The molecule has 0 aliphatic rings. The fourth-order valence-electron chi connectivity index (χ4n) is 8.25. The minimum Gasteiger partial charge on any atom is -0.462 e. The molecule has 0 bridgehead atoms. The Balaban J connectivity index is 4.15. The lowest BCUT2D eigenvalue weighted by Gasteiger charge is -2.18. The van der Waals surface area contributed by atoms with Crippen molar-refractivity contribution in [2.24, 2.45) is 0 Å². The molecule has 0 heterocycles. The van der Waals surface area contributed by atoms with Crippen molar-refractivity contribution in [3.8, 4) is 0 Å². The molecule has 0 amide bonds. The highest BCUT2D eigenvalue weighted by Gasteiger charge is 2.19. The zero-order chi connectivity index (χ0) is 50.7. The SMILES string of the molecule is CC/C=C\C/C=C\C/C=C\C/C=C\C/C=C\C/C=C\C/C=C\CCCCCC(=O)OCC(COC(=O)CCCCCCC)OC(=O)CCCCCCCCCCCCCCCCCCCCCCCC. The predicted octanol–water partition coefficient (Wildman–Crippen LogP) is 19.9. The van der Waals surface area contributed by atoms with Gasteiger partial charge in [-0.2, -0.15) is 0 Å². The Morgan fingerprint density at radius 3 is 0.871 bits per heavy atom. The molecular formula is C64H110O6. The van der Waals surface area contributed by atoms with Crippen LogP contribution < -0.4 is 0 Å². The second-order valence-corrected chi connectivity index (χ2v) is 19.5. The predicted molar refractivity (Wildman–Crippen MR) is 302 cm³/mol. The topological polar surface area (TPSA) is 78.9 Å². The average molecular weight is 976 g/mol. The molecule has 1 unspecified atom stereocenters. The van der Waals surface area contributed by atoms with E-state index in [1.165, 1.54) is 128 Å². The third-order valence-corrected chi connectivity index (χ3v) is 12.7. The highest BCUT2D eigenvalue weighted by Crippen LogP contribution is 2.16. The van der Waals surface area contributed by atoms with Crippen molar-refractivity contribution in [2.75, 3.05) is 13.2 Å². The summed E-state index contributed by atoms with van der Waals surface area (Å²) < 4.78 is 16.7. The van der Waals surface area contributed by atoms with Crippen LogP contribution in [0, 0.1) is 0 Å². The van der Waals surface area contributed by atoms with Crippen molar-refractivity contribution in [3.63, 3.8) is 0 Å². The fourth-order valence-corrected chi connectivity index (χ4v) is 8.25. The van der Waals surface area contributed by atoms with Crippen LogP contribution in [0.4, 0.5) is 0 Å². The van der Waals surface area contributed by atoms with Crippen LogP contribution in [-0.4, -0.2) is 37.2 Å². The molecule has 0 spiro atoms. The molecule has 0 aliphatic carbocycles. The van der Waals surface area contributed by atoms with Gasteiger partial charge in [-0.3, -0.25) is 14.4 Å². The summed E-state index contributed by atoms with van der Waals surface area (Å²) >= 11 is 0. The van der Waals surface area contributed by atoms with Crippen LogP contribution in [0.2, 0.25) is 0 Å². The Kier molecular flexibility index (Phi) is 55.3. The summed E-state index contributed by atoms with van der Waals surface area (Å²) in [6, 6.07) is 0. The molecule has 0 aromatic carbocycles. The molecule has 6 nitrogen and oxygen atoms in total. The lowest BCUT2D eigenvalue weighted by atomic mass is 10.0. The molecular weight excluding hydrogens is 865 g/mol. The highest BCUT2D eigenvalue weighted by molar-refractivity contribution is 5.71. The summed E-state index contributed by atoms with van der Waals surface area (Å²) in [4.78, 5) is 37.8. The Hall–Kier alpha value is -3.41. The van der Waals surface area contributed by atoms with Crippen molar-refractivity contribution in [3.05, 3.63) is 85.1 Å². The van der Waals surface area contributed by atoms with Crippen molar-refractivity contribution < 1.29 is 28.6 Å². The molecule has 6 heteroatoms. The molecule has 0 saturated carbocycles. The van der Waals surface area contributed by atoms with Gasteiger partial charge >= 0.3 is 17.9 Å². The van der Waals surface area contributed by atoms with E-state index in [1.54, 1.807) is 0 Å². The summed E-state index contributed by atoms with van der Waals surface area (Å²) in [5.74, 6) is -0.926. The van der Waals surface area contributed by atoms with E-state index >= 15 is 0 Å². The largest absolute Gasteiger partial charge is 0.462 e. The molecule has 1 atom stereocenters. The van der Waals surface area contributed by atoms with Gasteiger partial charge in [0.25, 0.3) is 0 Å². The van der Waals surface area contributed by atoms with Crippen LogP contribution in [0.15, 0.2) is 85.1 Å². The van der Waals surface area contributed by atoms with Crippen LogP contribution in [0.1, 0.15) is 284 Å². The number of hydrogen-bond donors (Lipinski definition) is 0. The number of unbranched alkanes of at least 4 members (excludes halogenated alkanes) is 28. The van der Waals surface area contributed by atoms with Crippen molar-refractivity contribution in [2.45, 2.75) is 290 Å². The minimum atomic E-state index is -0.786. The summed E-state index contributed by atoms with van der Waals surface area (Å²) in [6.45, 7) is 6.44. The monoisotopic (exact) mass is 975 g/mol. The Morgan fingerprint density at radius 1 is 0.300 bits per heavy atom. The van der Waals surface area contributed by atoms with Crippen molar-refractivity contribution >= 4 is 17.9 Å². The summed E-state index contributed by atoms with van der Waals surface area (Å²) in [6.07, 6.45) is 76.3. The average Bonchev–Trinajstić information content (AvgIpc) is 3.36. The molecule has 0 fully saturated rings. The van der Waals surface area contributed by atoms with Crippen LogP contribution in [0.3, 0.4) is 0 Å². The number of ether oxygens (including phenoxy) is 3. The van der Waals surface area contributed by atoms with Gasteiger partial charge in [-0.1, -0.05) is 273 Å². The van der Waals surface area contributed by atoms with Crippen LogP contribution in [0.25, 0.3) is 0 Å². The van der Waals surface area contributed by atoms with Gasteiger partial charge in [-0.25, -0.2) is 0 Å². The zero-order valence-electron chi connectivity index (χ0n) is 46.0. The lowest BCUT2D eigenvalue weighted by Crippen LogP contribution is -2.30. The molecule has 0 aliphatic heterocycles. The highest BCUT2D eigenvalue weighted by atomic mass is 16.6. The van der Waals surface area contributed by atoms with Crippen LogP contribution in [0.5, 0.6) is 0 Å². The number of carbonyl (C=O) groups excluding carboxylic acids is 3. The summed E-state index contributed by atoms with van der Waals surface area (Å²) in [5.41, 5.74) is 0.